The highest BCUT2D eigenvalue weighted by atomic mass is 32.1. The highest BCUT2D eigenvalue weighted by Crippen LogP contribution is 2.61. The van der Waals surface area contributed by atoms with Crippen LogP contribution in [0.15, 0.2) is 12.1 Å². The molecule has 2 N–H and O–H groups in total. The van der Waals surface area contributed by atoms with Crippen molar-refractivity contribution in [1.82, 2.24) is 10.6 Å². The lowest BCUT2D eigenvalue weighted by Gasteiger charge is -2.59. The van der Waals surface area contributed by atoms with Crippen LogP contribution in [0, 0.1) is 23.2 Å². The summed E-state index contributed by atoms with van der Waals surface area (Å²) < 4.78 is 0. The molecule has 25 heavy (non-hydrogen) atoms. The minimum Gasteiger partial charge on any atom is -0.351 e. The van der Waals surface area contributed by atoms with Gasteiger partial charge in [-0.05, 0) is 80.8 Å². The molecule has 4 fully saturated rings. The molecule has 1 atom stereocenters. The Hall–Kier alpha value is -1.36. The molecule has 0 radical (unpaired) electrons. The van der Waals surface area contributed by atoms with Crippen LogP contribution in [0.4, 0.5) is 0 Å². The van der Waals surface area contributed by atoms with Crippen molar-refractivity contribution in [1.29, 1.82) is 0 Å². The van der Waals surface area contributed by atoms with Crippen LogP contribution in [0.5, 0.6) is 0 Å². The molecular formula is C20H28N2O2S. The van der Waals surface area contributed by atoms with Crippen LogP contribution in [0.1, 0.15) is 66.9 Å². The maximum Gasteiger partial charge on any atom is 0.261 e. The Bertz CT molecular complexity index is 646. The normalized spacial score (nSPS) is 33.9. The fraction of sp³-hybridized carbons (Fsp3) is 0.700. The van der Waals surface area contributed by atoms with Gasteiger partial charge in [-0.25, -0.2) is 0 Å². The number of amides is 2. The van der Waals surface area contributed by atoms with E-state index >= 15 is 0 Å². The lowest BCUT2D eigenvalue weighted by molar-refractivity contribution is -0.119. The number of nitrogens with one attached hydrogen (secondary N) is 2. The van der Waals surface area contributed by atoms with Crippen molar-refractivity contribution >= 4 is 23.2 Å². The highest BCUT2D eigenvalue weighted by Gasteiger charge is 2.53. The Balaban J connectivity index is 1.40. The molecule has 5 heteroatoms. The average molecular weight is 361 g/mol. The molecule has 0 spiro atoms. The predicted molar refractivity (Wildman–Crippen MR) is 99.4 cm³/mol. The number of hydrogen-bond acceptors (Lipinski definition) is 3. The van der Waals surface area contributed by atoms with E-state index in [9.17, 15) is 9.59 Å². The van der Waals surface area contributed by atoms with Gasteiger partial charge < -0.3 is 10.6 Å². The van der Waals surface area contributed by atoms with E-state index in [-0.39, 0.29) is 17.9 Å². The molecule has 0 saturated heterocycles. The van der Waals surface area contributed by atoms with E-state index in [2.05, 4.69) is 17.6 Å². The van der Waals surface area contributed by atoms with Gasteiger partial charge in [-0.2, -0.15) is 0 Å². The topological polar surface area (TPSA) is 58.2 Å². The van der Waals surface area contributed by atoms with Crippen LogP contribution in [-0.4, -0.2) is 17.9 Å². The predicted octanol–water partition coefficient (Wildman–Crippen LogP) is 3.72. The van der Waals surface area contributed by atoms with Gasteiger partial charge in [0.1, 0.15) is 0 Å². The lowest BCUT2D eigenvalue weighted by Crippen LogP contribution is -2.55. The van der Waals surface area contributed by atoms with Crippen LogP contribution in [0.25, 0.3) is 0 Å². The van der Waals surface area contributed by atoms with Crippen molar-refractivity contribution < 1.29 is 9.59 Å². The van der Waals surface area contributed by atoms with Crippen LogP contribution >= 0.6 is 11.3 Å². The molecular weight excluding hydrogens is 332 g/mol. The molecule has 0 aromatic carbocycles. The summed E-state index contributed by atoms with van der Waals surface area (Å²) >= 11 is 1.48. The Morgan fingerprint density at radius 2 is 1.76 bits per heavy atom. The number of carbonyl (C=O) groups is 2. The maximum atomic E-state index is 12.7. The maximum absolute atomic E-state index is 12.7. The van der Waals surface area contributed by atoms with Gasteiger partial charge in [-0.3, -0.25) is 9.59 Å². The van der Waals surface area contributed by atoms with Crippen molar-refractivity contribution in [2.75, 3.05) is 0 Å². The molecule has 136 valence electrons. The van der Waals surface area contributed by atoms with Crippen LogP contribution in [0.2, 0.25) is 0 Å². The molecule has 2 amide bonds. The average Bonchev–Trinajstić information content (AvgIpc) is 3.00. The second kappa shape index (κ2) is 6.42. The van der Waals surface area contributed by atoms with Gasteiger partial charge in [0, 0.05) is 17.8 Å². The second-order valence-electron chi connectivity index (χ2n) is 8.65. The van der Waals surface area contributed by atoms with Gasteiger partial charge in [0.05, 0.1) is 11.4 Å². The quantitative estimate of drug-likeness (QED) is 0.841. The summed E-state index contributed by atoms with van der Waals surface area (Å²) in [7, 11) is 0. The van der Waals surface area contributed by atoms with Crippen molar-refractivity contribution in [3.05, 3.63) is 21.9 Å². The van der Waals surface area contributed by atoms with Crippen molar-refractivity contribution in [3.63, 3.8) is 0 Å². The number of thiophene rings is 1. The molecule has 4 aliphatic carbocycles. The zero-order valence-corrected chi connectivity index (χ0v) is 16.0. The van der Waals surface area contributed by atoms with Crippen molar-refractivity contribution in [2.45, 2.75) is 65.0 Å². The van der Waals surface area contributed by atoms with E-state index in [1.807, 2.05) is 12.1 Å². The minimum atomic E-state index is -0.0464. The van der Waals surface area contributed by atoms with Gasteiger partial charge in [0.15, 0.2) is 0 Å². The summed E-state index contributed by atoms with van der Waals surface area (Å²) in [5, 5.41) is 6.10. The Kier molecular flexibility index (Phi) is 4.38. The first kappa shape index (κ1) is 17.1. The van der Waals surface area contributed by atoms with Gasteiger partial charge in [-0.1, -0.05) is 0 Å². The highest BCUT2D eigenvalue weighted by molar-refractivity contribution is 7.14. The van der Waals surface area contributed by atoms with E-state index < -0.39 is 0 Å². The summed E-state index contributed by atoms with van der Waals surface area (Å²) in [4.78, 5) is 25.5. The molecule has 4 aliphatic rings. The van der Waals surface area contributed by atoms with Crippen LogP contribution in [-0.2, 0) is 11.3 Å². The standard InChI is InChI=1S/C20H28N2O2S/c1-12(20-8-14-5-15(9-20)7-16(6-14)10-20)22-19(24)18-4-3-17(25-18)11-21-13(2)23/h3-4,12,14-16H,5-11H2,1-2H3,(H,21,23)(H,22,24). The van der Waals surface area contributed by atoms with Gasteiger partial charge >= 0.3 is 0 Å². The Morgan fingerprint density at radius 3 is 2.32 bits per heavy atom. The smallest absolute Gasteiger partial charge is 0.261 e. The third-order valence-corrected chi connectivity index (χ3v) is 7.83. The van der Waals surface area contributed by atoms with Gasteiger partial charge in [0.2, 0.25) is 5.91 Å². The van der Waals surface area contributed by atoms with E-state index in [1.54, 1.807) is 0 Å². The first-order valence-corrected chi connectivity index (χ1v) is 10.4. The summed E-state index contributed by atoms with van der Waals surface area (Å²) in [6.07, 6.45) is 8.20. The minimum absolute atomic E-state index is 0.0438. The molecule has 1 aromatic heterocycles. The summed E-state index contributed by atoms with van der Waals surface area (Å²) in [6.45, 7) is 4.23. The van der Waals surface area contributed by atoms with E-state index in [1.165, 1.54) is 56.8 Å². The molecule has 4 nitrogen and oxygen atoms in total. The molecule has 4 saturated carbocycles. The fourth-order valence-electron chi connectivity index (χ4n) is 5.94. The Morgan fingerprint density at radius 1 is 1.16 bits per heavy atom. The zero-order valence-electron chi connectivity index (χ0n) is 15.1. The molecule has 1 unspecified atom stereocenters. The van der Waals surface area contributed by atoms with Crippen LogP contribution in [0.3, 0.4) is 0 Å². The SMILES string of the molecule is CC(=O)NCc1ccc(C(=O)NC(C)C23CC4CC(CC(C4)C2)C3)s1. The van der Waals surface area contributed by atoms with Gasteiger partial charge in [0.25, 0.3) is 5.91 Å². The third kappa shape index (κ3) is 3.35. The zero-order chi connectivity index (χ0) is 17.6. The molecule has 5 rings (SSSR count). The second-order valence-corrected chi connectivity index (χ2v) is 9.82. The molecule has 0 aliphatic heterocycles. The van der Waals surface area contributed by atoms with Crippen molar-refractivity contribution in [2.24, 2.45) is 23.2 Å². The first-order valence-electron chi connectivity index (χ1n) is 9.57. The molecule has 1 aromatic rings. The first-order chi connectivity index (χ1) is 11.9. The third-order valence-electron chi connectivity index (χ3n) is 6.75. The Labute approximate surface area is 153 Å². The molecule has 4 bridgehead atoms. The molecule has 1 heterocycles. The van der Waals surface area contributed by atoms with Crippen LogP contribution < -0.4 is 10.6 Å². The summed E-state index contributed by atoms with van der Waals surface area (Å²) in [5.41, 5.74) is 0.334. The van der Waals surface area contributed by atoms with E-state index in [4.69, 9.17) is 0 Å². The summed E-state index contributed by atoms with van der Waals surface area (Å²) in [6, 6.07) is 4.06. The monoisotopic (exact) mass is 360 g/mol. The van der Waals surface area contributed by atoms with E-state index in [0.717, 1.165) is 27.5 Å². The van der Waals surface area contributed by atoms with Gasteiger partial charge in [-0.15, -0.1) is 11.3 Å². The van der Waals surface area contributed by atoms with E-state index in [0.29, 0.717) is 12.0 Å². The van der Waals surface area contributed by atoms with Crippen molar-refractivity contribution in [3.8, 4) is 0 Å². The summed E-state index contributed by atoms with van der Waals surface area (Å²) in [5.74, 6) is 2.70. The fourth-order valence-corrected chi connectivity index (χ4v) is 6.79. The number of carbonyl (C=O) groups excluding carboxylic acids is 2. The largest absolute Gasteiger partial charge is 0.351 e. The number of hydrogen-bond donors (Lipinski definition) is 2. The number of rotatable bonds is 5. The lowest BCUT2D eigenvalue weighted by atomic mass is 9.48.